The zero-order chi connectivity index (χ0) is 18.3. The maximum Gasteiger partial charge on any atom is 0.271 e. The summed E-state index contributed by atoms with van der Waals surface area (Å²) in [6.45, 7) is 3.80. The van der Waals surface area contributed by atoms with Crippen LogP contribution in [0, 0.1) is 33.8 Å². The molecular weight excluding hydrogens is 324 g/mol. The molecule has 1 saturated carbocycles. The van der Waals surface area contributed by atoms with Crippen molar-refractivity contribution in [2.24, 2.45) is 23.7 Å². The molecule has 0 saturated heterocycles. The van der Waals surface area contributed by atoms with Gasteiger partial charge in [0.25, 0.3) is 5.69 Å². The summed E-state index contributed by atoms with van der Waals surface area (Å²) >= 11 is 0. The largest absolute Gasteiger partial charge is 0.550 e. The standard InChI is InChI=1S/C18H18N2O5/c1-9(2)14-12-6-7-13(14)16(18(22)23)15(12)17(21)19-10-4-3-5-11(8-10)20(24)25/h3-8,12-13,15-16H,1-2H3,(H,19,21)(H,22,23)/p-1/t12-,13-,15-,16+/m1/s1. The number of allylic oxidation sites excluding steroid dienone is 4. The number of nitro benzene ring substituents is 1. The van der Waals surface area contributed by atoms with Crippen LogP contribution in [0.1, 0.15) is 13.8 Å². The number of benzene rings is 1. The quantitative estimate of drug-likeness (QED) is 0.508. The van der Waals surface area contributed by atoms with Crippen LogP contribution in [0.25, 0.3) is 0 Å². The molecule has 0 aromatic heterocycles. The van der Waals surface area contributed by atoms with Gasteiger partial charge in [-0.1, -0.05) is 29.4 Å². The Morgan fingerprint density at radius 3 is 2.32 bits per heavy atom. The normalized spacial score (nSPS) is 26.6. The molecule has 0 heterocycles. The van der Waals surface area contributed by atoms with E-state index in [2.05, 4.69) is 5.32 Å². The number of anilines is 1. The van der Waals surface area contributed by atoms with E-state index in [4.69, 9.17) is 0 Å². The van der Waals surface area contributed by atoms with Crippen LogP contribution >= 0.6 is 0 Å². The number of amides is 1. The van der Waals surface area contributed by atoms with E-state index in [0.29, 0.717) is 0 Å². The number of fused-ring (bicyclic) bond motifs is 2. The molecule has 2 aliphatic carbocycles. The first-order valence-electron chi connectivity index (χ1n) is 7.93. The minimum atomic E-state index is -1.25. The third-order valence-corrected chi connectivity index (χ3v) is 4.88. The van der Waals surface area contributed by atoms with Crippen LogP contribution in [0.3, 0.4) is 0 Å². The Kier molecular flexibility index (Phi) is 4.16. The van der Waals surface area contributed by atoms with Gasteiger partial charge in [-0.2, -0.15) is 0 Å². The summed E-state index contributed by atoms with van der Waals surface area (Å²) in [6, 6.07) is 5.56. The van der Waals surface area contributed by atoms with Crippen LogP contribution < -0.4 is 10.4 Å². The molecule has 0 radical (unpaired) electrons. The summed E-state index contributed by atoms with van der Waals surface area (Å²) in [5, 5.41) is 25.1. The minimum absolute atomic E-state index is 0.146. The molecule has 130 valence electrons. The molecule has 4 atom stereocenters. The first-order valence-corrected chi connectivity index (χ1v) is 7.93. The number of nitro groups is 1. The number of nitrogens with zero attached hydrogens (tertiary/aromatic N) is 1. The predicted octanol–water partition coefficient (Wildman–Crippen LogP) is 1.67. The lowest BCUT2D eigenvalue weighted by Gasteiger charge is -2.27. The van der Waals surface area contributed by atoms with Gasteiger partial charge in [0.05, 0.1) is 10.8 Å². The first-order chi connectivity index (χ1) is 11.8. The van der Waals surface area contributed by atoms with Gasteiger partial charge in [0.1, 0.15) is 0 Å². The number of hydrogen-bond acceptors (Lipinski definition) is 5. The van der Waals surface area contributed by atoms with Gasteiger partial charge < -0.3 is 15.2 Å². The van der Waals surface area contributed by atoms with Crippen molar-refractivity contribution < 1.29 is 19.6 Å². The van der Waals surface area contributed by atoms with Crippen molar-refractivity contribution in [3.63, 3.8) is 0 Å². The van der Waals surface area contributed by atoms with Gasteiger partial charge in [0.15, 0.2) is 0 Å². The number of carbonyl (C=O) groups is 2. The summed E-state index contributed by atoms with van der Waals surface area (Å²) in [6.07, 6.45) is 3.69. The van der Waals surface area contributed by atoms with Gasteiger partial charge in [0.2, 0.25) is 5.91 Å². The van der Waals surface area contributed by atoms with Crippen molar-refractivity contribution in [3.05, 3.63) is 57.7 Å². The van der Waals surface area contributed by atoms with Crippen molar-refractivity contribution in [2.45, 2.75) is 13.8 Å². The fraction of sp³-hybridized carbons (Fsp3) is 0.333. The van der Waals surface area contributed by atoms with Gasteiger partial charge in [0, 0.05) is 41.5 Å². The maximum atomic E-state index is 12.7. The molecule has 1 amide bonds. The van der Waals surface area contributed by atoms with E-state index in [9.17, 15) is 24.8 Å². The number of hydrogen-bond donors (Lipinski definition) is 1. The summed E-state index contributed by atoms with van der Waals surface area (Å²) in [5.41, 5.74) is 2.07. The highest BCUT2D eigenvalue weighted by molar-refractivity contribution is 5.97. The second kappa shape index (κ2) is 6.16. The zero-order valence-electron chi connectivity index (χ0n) is 13.8. The monoisotopic (exact) mass is 341 g/mol. The molecule has 2 aliphatic rings. The van der Waals surface area contributed by atoms with Crippen molar-refractivity contribution in [1.82, 2.24) is 0 Å². The molecule has 0 aliphatic heterocycles. The van der Waals surface area contributed by atoms with Gasteiger partial charge in [-0.15, -0.1) is 0 Å². The van der Waals surface area contributed by atoms with Gasteiger partial charge in [-0.05, 0) is 19.9 Å². The molecule has 7 nitrogen and oxygen atoms in total. The van der Waals surface area contributed by atoms with Crippen LogP contribution in [-0.2, 0) is 9.59 Å². The fourth-order valence-corrected chi connectivity index (χ4v) is 3.95. The fourth-order valence-electron chi connectivity index (χ4n) is 3.95. The Morgan fingerprint density at radius 1 is 1.12 bits per heavy atom. The number of rotatable bonds is 4. The van der Waals surface area contributed by atoms with E-state index in [0.717, 1.165) is 11.1 Å². The molecule has 1 aromatic carbocycles. The highest BCUT2D eigenvalue weighted by atomic mass is 16.6. The molecular formula is C18H17N2O5-. The van der Waals surface area contributed by atoms with Crippen LogP contribution in [0.2, 0.25) is 0 Å². The average molecular weight is 341 g/mol. The van der Waals surface area contributed by atoms with E-state index < -0.39 is 28.6 Å². The first kappa shape index (κ1) is 16.9. The van der Waals surface area contributed by atoms with Crippen LogP contribution in [0.15, 0.2) is 47.6 Å². The lowest BCUT2D eigenvalue weighted by molar-refractivity contribution is -0.384. The second-order valence-electron chi connectivity index (χ2n) is 6.56. The summed E-state index contributed by atoms with van der Waals surface area (Å²) in [7, 11) is 0. The summed E-state index contributed by atoms with van der Waals surface area (Å²) in [5.74, 6) is -4.06. The molecule has 7 heteroatoms. The third-order valence-electron chi connectivity index (χ3n) is 4.88. The minimum Gasteiger partial charge on any atom is -0.550 e. The Hall–Kier alpha value is -2.96. The van der Waals surface area contributed by atoms with Crippen molar-refractivity contribution in [3.8, 4) is 0 Å². The lowest BCUT2D eigenvalue weighted by atomic mass is 9.82. The van der Waals surface area contributed by atoms with Crippen LogP contribution in [0.5, 0.6) is 0 Å². The molecule has 0 spiro atoms. The molecule has 2 bridgehead atoms. The van der Waals surface area contributed by atoms with E-state index in [1.165, 1.54) is 24.3 Å². The van der Waals surface area contributed by atoms with Crippen molar-refractivity contribution in [2.75, 3.05) is 5.32 Å². The topological polar surface area (TPSA) is 112 Å². The SMILES string of the molecule is CC(C)=C1[C@H]2C=C[C@H]1[C@@H](C(=O)Nc1cccc([N+](=O)[O-])c1)[C@H]2C(=O)[O-]. The number of carbonyl (C=O) groups excluding carboxylic acids is 2. The smallest absolute Gasteiger partial charge is 0.271 e. The molecule has 0 unspecified atom stereocenters. The van der Waals surface area contributed by atoms with Gasteiger partial charge in [-0.3, -0.25) is 14.9 Å². The Morgan fingerprint density at radius 2 is 1.76 bits per heavy atom. The number of aliphatic carboxylic acids is 1. The van der Waals surface area contributed by atoms with Gasteiger partial charge >= 0.3 is 0 Å². The Bertz CT molecular complexity index is 823. The molecule has 1 N–H and O–H groups in total. The summed E-state index contributed by atoms with van der Waals surface area (Å²) in [4.78, 5) is 34.7. The zero-order valence-corrected chi connectivity index (χ0v) is 13.8. The molecule has 1 fully saturated rings. The molecule has 3 rings (SSSR count). The van der Waals surface area contributed by atoms with E-state index in [1.807, 2.05) is 26.0 Å². The van der Waals surface area contributed by atoms with E-state index >= 15 is 0 Å². The van der Waals surface area contributed by atoms with E-state index in [1.54, 1.807) is 0 Å². The van der Waals surface area contributed by atoms with E-state index in [-0.39, 0.29) is 23.2 Å². The van der Waals surface area contributed by atoms with Crippen LogP contribution in [0.4, 0.5) is 11.4 Å². The summed E-state index contributed by atoms with van der Waals surface area (Å²) < 4.78 is 0. The van der Waals surface area contributed by atoms with Gasteiger partial charge in [-0.25, -0.2) is 0 Å². The number of carboxylic acid groups (broad SMARTS) is 1. The molecule has 1 aromatic rings. The second-order valence-corrected chi connectivity index (χ2v) is 6.56. The maximum absolute atomic E-state index is 12.7. The Balaban J connectivity index is 1.90. The molecule has 25 heavy (non-hydrogen) atoms. The highest BCUT2D eigenvalue weighted by Crippen LogP contribution is 2.53. The average Bonchev–Trinajstić information content (AvgIpc) is 3.11. The Labute approximate surface area is 144 Å². The van der Waals surface area contributed by atoms with Crippen molar-refractivity contribution in [1.29, 1.82) is 0 Å². The number of carboxylic acids is 1. The number of non-ortho nitro benzene ring substituents is 1. The predicted molar refractivity (Wildman–Crippen MR) is 88.2 cm³/mol. The van der Waals surface area contributed by atoms with Crippen molar-refractivity contribution >= 4 is 23.3 Å². The lowest BCUT2D eigenvalue weighted by Crippen LogP contribution is -2.42. The van der Waals surface area contributed by atoms with Crippen LogP contribution in [-0.4, -0.2) is 16.8 Å². The third kappa shape index (κ3) is 2.82. The number of nitrogens with one attached hydrogen (secondary N) is 1. The highest BCUT2D eigenvalue weighted by Gasteiger charge is 2.52.